The topological polar surface area (TPSA) is 69.7 Å². The first-order valence-electron chi connectivity index (χ1n) is 8.32. The summed E-state index contributed by atoms with van der Waals surface area (Å²) >= 11 is 0. The summed E-state index contributed by atoms with van der Waals surface area (Å²) in [4.78, 5) is 15.7. The fraction of sp³-hybridized carbons (Fsp3) is 0.316. The summed E-state index contributed by atoms with van der Waals surface area (Å²) in [6.45, 7) is 3.75. The van der Waals surface area contributed by atoms with Crippen molar-refractivity contribution in [1.82, 2.24) is 4.72 Å². The van der Waals surface area contributed by atoms with Gasteiger partial charge in [0.15, 0.2) is 0 Å². The fourth-order valence-electron chi connectivity index (χ4n) is 2.49. The smallest absolute Gasteiger partial charge is 0.240 e. The number of sulfonamides is 1. The first-order valence-corrected chi connectivity index (χ1v) is 9.81. The lowest BCUT2D eigenvalue weighted by molar-refractivity contribution is -0.116. The number of carbonyl (C=O) groups excluding carboxylic acids is 1. The quantitative estimate of drug-likeness (QED) is 0.807. The van der Waals surface area contributed by atoms with Gasteiger partial charge < -0.3 is 9.80 Å². The van der Waals surface area contributed by atoms with Gasteiger partial charge in [-0.25, -0.2) is 13.1 Å². The molecule has 0 bridgehead atoms. The number of amides is 1. The second-order valence-electron chi connectivity index (χ2n) is 6.29. The molecule has 1 N–H and O–H groups in total. The van der Waals surface area contributed by atoms with Gasteiger partial charge in [0.1, 0.15) is 0 Å². The monoisotopic (exact) mass is 375 g/mol. The summed E-state index contributed by atoms with van der Waals surface area (Å²) in [5.74, 6) is -0.142. The lowest BCUT2D eigenvalue weighted by Crippen LogP contribution is -2.37. The Labute approximate surface area is 155 Å². The first-order chi connectivity index (χ1) is 12.2. The third kappa shape index (κ3) is 5.06. The van der Waals surface area contributed by atoms with Gasteiger partial charge in [0.25, 0.3) is 0 Å². The molecule has 0 aromatic heterocycles. The third-order valence-corrected chi connectivity index (χ3v) is 5.49. The molecule has 0 unspecified atom stereocenters. The number of rotatable bonds is 7. The number of nitrogens with one attached hydrogen (secondary N) is 1. The zero-order chi connectivity index (χ0) is 19.3. The van der Waals surface area contributed by atoms with Crippen LogP contribution in [0.15, 0.2) is 53.4 Å². The normalized spacial score (nSPS) is 11.2. The maximum absolute atomic E-state index is 12.3. The molecule has 0 aliphatic rings. The van der Waals surface area contributed by atoms with Crippen LogP contribution in [-0.2, 0) is 14.8 Å². The van der Waals surface area contributed by atoms with Crippen molar-refractivity contribution in [3.63, 3.8) is 0 Å². The highest BCUT2D eigenvalue weighted by Crippen LogP contribution is 2.19. The lowest BCUT2D eigenvalue weighted by Gasteiger charge is -2.22. The lowest BCUT2D eigenvalue weighted by atomic mass is 10.2. The number of aryl methyl sites for hydroxylation is 1. The van der Waals surface area contributed by atoms with Gasteiger partial charge in [0, 0.05) is 45.5 Å². The number of benzene rings is 2. The Morgan fingerprint density at radius 1 is 0.962 bits per heavy atom. The molecule has 0 heterocycles. The van der Waals surface area contributed by atoms with Gasteiger partial charge in [-0.3, -0.25) is 4.79 Å². The Bertz CT molecular complexity index is 845. The SMILES string of the molecule is CC(=O)N(CCNS(=O)(=O)c1ccc(C)cc1)c1ccc(N(C)C)cc1. The van der Waals surface area contributed by atoms with Crippen LogP contribution in [0, 0.1) is 6.92 Å². The van der Waals surface area contributed by atoms with Crippen LogP contribution in [0.1, 0.15) is 12.5 Å². The average Bonchev–Trinajstić information content (AvgIpc) is 2.59. The van der Waals surface area contributed by atoms with Gasteiger partial charge >= 0.3 is 0 Å². The molecule has 2 aromatic rings. The minimum Gasteiger partial charge on any atom is -0.378 e. The molecular weight excluding hydrogens is 350 g/mol. The van der Waals surface area contributed by atoms with E-state index >= 15 is 0 Å². The third-order valence-electron chi connectivity index (χ3n) is 4.02. The highest BCUT2D eigenvalue weighted by molar-refractivity contribution is 7.89. The molecule has 0 saturated heterocycles. The maximum Gasteiger partial charge on any atom is 0.240 e. The summed E-state index contributed by atoms with van der Waals surface area (Å²) in [5, 5.41) is 0. The van der Waals surface area contributed by atoms with Crippen molar-refractivity contribution in [2.45, 2.75) is 18.7 Å². The van der Waals surface area contributed by atoms with E-state index in [4.69, 9.17) is 0 Å². The summed E-state index contributed by atoms with van der Waals surface area (Å²) in [5.41, 5.74) is 2.75. The van der Waals surface area contributed by atoms with Crippen LogP contribution in [0.2, 0.25) is 0 Å². The zero-order valence-corrected chi connectivity index (χ0v) is 16.4. The van der Waals surface area contributed by atoms with E-state index in [2.05, 4.69) is 4.72 Å². The van der Waals surface area contributed by atoms with E-state index in [-0.39, 0.29) is 23.9 Å². The largest absolute Gasteiger partial charge is 0.378 e. The molecule has 1 amide bonds. The van der Waals surface area contributed by atoms with Crippen LogP contribution >= 0.6 is 0 Å². The Hall–Kier alpha value is -2.38. The van der Waals surface area contributed by atoms with Gasteiger partial charge in [0.2, 0.25) is 15.9 Å². The predicted octanol–water partition coefficient (Wildman–Crippen LogP) is 2.39. The summed E-state index contributed by atoms with van der Waals surface area (Å²) < 4.78 is 27.2. The number of anilines is 2. The van der Waals surface area contributed by atoms with E-state index in [0.717, 1.165) is 16.9 Å². The van der Waals surface area contributed by atoms with Crippen molar-refractivity contribution in [1.29, 1.82) is 0 Å². The van der Waals surface area contributed by atoms with E-state index in [1.54, 1.807) is 29.2 Å². The van der Waals surface area contributed by atoms with Gasteiger partial charge in [-0.2, -0.15) is 0 Å². The van der Waals surface area contributed by atoms with E-state index in [1.165, 1.54) is 6.92 Å². The van der Waals surface area contributed by atoms with Crippen molar-refractivity contribution in [3.05, 3.63) is 54.1 Å². The highest BCUT2D eigenvalue weighted by atomic mass is 32.2. The Morgan fingerprint density at radius 3 is 2.00 bits per heavy atom. The van der Waals surface area contributed by atoms with Crippen LogP contribution in [0.5, 0.6) is 0 Å². The summed E-state index contributed by atoms with van der Waals surface area (Å²) in [6, 6.07) is 14.2. The van der Waals surface area contributed by atoms with Crippen LogP contribution in [0.3, 0.4) is 0 Å². The number of carbonyl (C=O) groups is 1. The highest BCUT2D eigenvalue weighted by Gasteiger charge is 2.16. The van der Waals surface area contributed by atoms with Gasteiger partial charge in [-0.1, -0.05) is 17.7 Å². The van der Waals surface area contributed by atoms with Crippen molar-refractivity contribution in [2.24, 2.45) is 0 Å². The fourth-order valence-corrected chi connectivity index (χ4v) is 3.51. The summed E-state index contributed by atoms with van der Waals surface area (Å²) in [6.07, 6.45) is 0. The molecule has 0 spiro atoms. The number of hydrogen-bond acceptors (Lipinski definition) is 4. The molecule has 2 rings (SSSR count). The van der Waals surface area contributed by atoms with Gasteiger partial charge in [0.05, 0.1) is 4.90 Å². The Morgan fingerprint density at radius 2 is 1.50 bits per heavy atom. The van der Waals surface area contributed by atoms with E-state index in [0.29, 0.717) is 0 Å². The molecule has 140 valence electrons. The molecule has 2 aromatic carbocycles. The molecule has 7 heteroatoms. The van der Waals surface area contributed by atoms with Crippen molar-refractivity contribution in [3.8, 4) is 0 Å². The standard InChI is InChI=1S/C19H25N3O3S/c1-15-5-11-19(12-6-15)26(24,25)20-13-14-22(16(2)23)18-9-7-17(8-10-18)21(3)4/h5-12,20H,13-14H2,1-4H3. The minimum absolute atomic E-state index is 0.130. The van der Waals surface area contributed by atoms with Crippen molar-refractivity contribution < 1.29 is 13.2 Å². The van der Waals surface area contributed by atoms with Gasteiger partial charge in [-0.05, 0) is 43.3 Å². The second-order valence-corrected chi connectivity index (χ2v) is 8.06. The molecule has 26 heavy (non-hydrogen) atoms. The molecule has 0 radical (unpaired) electrons. The molecule has 0 fully saturated rings. The predicted molar refractivity (Wildman–Crippen MR) is 105 cm³/mol. The van der Waals surface area contributed by atoms with Crippen LogP contribution < -0.4 is 14.5 Å². The van der Waals surface area contributed by atoms with E-state index in [1.807, 2.05) is 50.2 Å². The number of hydrogen-bond donors (Lipinski definition) is 1. The van der Waals surface area contributed by atoms with Crippen LogP contribution in [-0.4, -0.2) is 41.5 Å². The van der Waals surface area contributed by atoms with Crippen LogP contribution in [0.4, 0.5) is 11.4 Å². The zero-order valence-electron chi connectivity index (χ0n) is 15.6. The minimum atomic E-state index is -3.59. The van der Waals surface area contributed by atoms with E-state index < -0.39 is 10.0 Å². The van der Waals surface area contributed by atoms with Crippen molar-refractivity contribution in [2.75, 3.05) is 37.0 Å². The molecule has 0 aliphatic heterocycles. The Kier molecular flexibility index (Phi) is 6.39. The van der Waals surface area contributed by atoms with Gasteiger partial charge in [-0.15, -0.1) is 0 Å². The van der Waals surface area contributed by atoms with E-state index in [9.17, 15) is 13.2 Å². The molecular formula is C19H25N3O3S. The number of nitrogens with zero attached hydrogens (tertiary/aromatic N) is 2. The maximum atomic E-state index is 12.3. The first kappa shape index (κ1) is 19.9. The Balaban J connectivity index is 2.04. The molecule has 0 saturated carbocycles. The summed E-state index contributed by atoms with van der Waals surface area (Å²) in [7, 11) is 0.291. The molecule has 0 aliphatic carbocycles. The molecule has 6 nitrogen and oxygen atoms in total. The van der Waals surface area contributed by atoms with Crippen LogP contribution in [0.25, 0.3) is 0 Å². The average molecular weight is 375 g/mol. The second kappa shape index (κ2) is 8.33. The molecule has 0 atom stereocenters. The van der Waals surface area contributed by atoms with Crippen molar-refractivity contribution >= 4 is 27.3 Å².